The van der Waals surface area contributed by atoms with Crippen LogP contribution in [-0.4, -0.2) is 29.4 Å². The molecule has 3 rings (SSSR count). The lowest BCUT2D eigenvalue weighted by Crippen LogP contribution is -2.29. The molecule has 1 amide bonds. The van der Waals surface area contributed by atoms with Crippen LogP contribution in [0.2, 0.25) is 0 Å². The van der Waals surface area contributed by atoms with E-state index >= 15 is 0 Å². The van der Waals surface area contributed by atoms with Crippen molar-refractivity contribution in [2.24, 2.45) is 0 Å². The highest BCUT2D eigenvalue weighted by molar-refractivity contribution is 5.77. The Morgan fingerprint density at radius 1 is 1.07 bits per heavy atom. The Kier molecular flexibility index (Phi) is 6.29. The highest BCUT2D eigenvalue weighted by Gasteiger charge is 2.08. The Morgan fingerprint density at radius 3 is 2.66 bits per heavy atom. The van der Waals surface area contributed by atoms with E-state index in [9.17, 15) is 9.59 Å². The molecule has 1 aromatic heterocycles. The third-order valence-electron chi connectivity index (χ3n) is 4.49. The molecule has 3 aromatic rings. The standard InChI is InChI=1S/C22H23N3O4/c1-15-7-8-18(11-16(15)2)25-22(27)10-9-21(24-25)29-14-20(26)23-13-17-5-4-6-19(12-17)28-3/h4-12H,13-14H2,1-3H3,(H,23,26). The predicted octanol–water partition coefficient (Wildman–Crippen LogP) is 2.55. The highest BCUT2D eigenvalue weighted by atomic mass is 16.5. The van der Waals surface area contributed by atoms with E-state index in [0.717, 1.165) is 22.4 Å². The first-order chi connectivity index (χ1) is 14.0. The van der Waals surface area contributed by atoms with Gasteiger partial charge in [0, 0.05) is 18.7 Å². The SMILES string of the molecule is COc1cccc(CNC(=O)COc2ccc(=O)n(-c3ccc(C)c(C)c3)n2)c1. The minimum absolute atomic E-state index is 0.194. The fourth-order valence-corrected chi connectivity index (χ4v) is 2.69. The topological polar surface area (TPSA) is 82.5 Å². The van der Waals surface area contributed by atoms with Crippen molar-refractivity contribution in [1.29, 1.82) is 0 Å². The molecule has 29 heavy (non-hydrogen) atoms. The Labute approximate surface area is 168 Å². The number of hydrogen-bond donors (Lipinski definition) is 1. The molecular formula is C22H23N3O4. The number of aryl methyl sites for hydroxylation is 2. The number of aromatic nitrogens is 2. The first-order valence-electron chi connectivity index (χ1n) is 9.16. The number of nitrogens with zero attached hydrogens (tertiary/aromatic N) is 2. The summed E-state index contributed by atoms with van der Waals surface area (Å²) in [5.41, 5.74) is 3.47. The predicted molar refractivity (Wildman–Crippen MR) is 110 cm³/mol. The van der Waals surface area contributed by atoms with E-state index in [1.807, 2.05) is 56.3 Å². The second-order valence-corrected chi connectivity index (χ2v) is 6.61. The Hall–Kier alpha value is -3.61. The van der Waals surface area contributed by atoms with Gasteiger partial charge >= 0.3 is 0 Å². The van der Waals surface area contributed by atoms with Crippen LogP contribution < -0.4 is 20.3 Å². The molecule has 0 saturated carbocycles. The molecule has 0 aliphatic heterocycles. The fraction of sp³-hybridized carbons (Fsp3) is 0.227. The van der Waals surface area contributed by atoms with E-state index in [2.05, 4.69) is 10.4 Å². The molecule has 7 heteroatoms. The van der Waals surface area contributed by atoms with Crippen LogP contribution >= 0.6 is 0 Å². The summed E-state index contributed by atoms with van der Waals surface area (Å²) in [6, 6.07) is 15.9. The molecule has 1 heterocycles. The molecule has 2 aromatic carbocycles. The van der Waals surface area contributed by atoms with Crippen LogP contribution in [0.25, 0.3) is 5.69 Å². The minimum atomic E-state index is -0.293. The number of ether oxygens (including phenoxy) is 2. The number of amides is 1. The molecule has 0 fully saturated rings. The van der Waals surface area contributed by atoms with Crippen LogP contribution in [0.3, 0.4) is 0 Å². The summed E-state index contributed by atoms with van der Waals surface area (Å²) in [5, 5.41) is 6.99. The van der Waals surface area contributed by atoms with Crippen LogP contribution in [0.15, 0.2) is 59.4 Å². The number of carbonyl (C=O) groups excluding carboxylic acids is 1. The van der Waals surface area contributed by atoms with Gasteiger partial charge in [-0.05, 0) is 54.8 Å². The van der Waals surface area contributed by atoms with E-state index < -0.39 is 0 Å². The third-order valence-corrected chi connectivity index (χ3v) is 4.49. The van der Waals surface area contributed by atoms with Gasteiger partial charge in [0.05, 0.1) is 12.8 Å². The van der Waals surface area contributed by atoms with Gasteiger partial charge in [-0.3, -0.25) is 9.59 Å². The largest absolute Gasteiger partial charge is 0.497 e. The number of carbonyl (C=O) groups is 1. The molecular weight excluding hydrogens is 370 g/mol. The van der Waals surface area contributed by atoms with Crippen molar-refractivity contribution in [2.45, 2.75) is 20.4 Å². The molecule has 0 radical (unpaired) electrons. The van der Waals surface area contributed by atoms with Gasteiger partial charge in [-0.15, -0.1) is 5.10 Å². The molecule has 0 aliphatic carbocycles. The van der Waals surface area contributed by atoms with Crippen LogP contribution in [0.4, 0.5) is 0 Å². The van der Waals surface area contributed by atoms with Gasteiger partial charge < -0.3 is 14.8 Å². The number of benzene rings is 2. The van der Waals surface area contributed by atoms with Gasteiger partial charge in [0.15, 0.2) is 6.61 Å². The smallest absolute Gasteiger partial charge is 0.271 e. The van der Waals surface area contributed by atoms with E-state index in [0.29, 0.717) is 12.2 Å². The van der Waals surface area contributed by atoms with Gasteiger partial charge in [0.25, 0.3) is 11.5 Å². The quantitative estimate of drug-likeness (QED) is 0.667. The van der Waals surface area contributed by atoms with Crippen molar-refractivity contribution in [2.75, 3.05) is 13.7 Å². The molecule has 0 spiro atoms. The summed E-state index contributed by atoms with van der Waals surface area (Å²) in [5.74, 6) is 0.628. The zero-order chi connectivity index (χ0) is 20.8. The van der Waals surface area contributed by atoms with Crippen LogP contribution in [0.1, 0.15) is 16.7 Å². The van der Waals surface area contributed by atoms with Gasteiger partial charge in [0.2, 0.25) is 5.88 Å². The maximum atomic E-state index is 12.2. The van der Waals surface area contributed by atoms with Crippen molar-refractivity contribution in [1.82, 2.24) is 15.1 Å². The first-order valence-corrected chi connectivity index (χ1v) is 9.16. The van der Waals surface area contributed by atoms with E-state index in [1.54, 1.807) is 7.11 Å². The first kappa shape index (κ1) is 20.1. The molecule has 0 unspecified atom stereocenters. The van der Waals surface area contributed by atoms with Crippen LogP contribution in [0.5, 0.6) is 11.6 Å². The lowest BCUT2D eigenvalue weighted by molar-refractivity contribution is -0.123. The normalized spacial score (nSPS) is 10.4. The third kappa shape index (κ3) is 5.22. The van der Waals surface area contributed by atoms with Crippen LogP contribution in [-0.2, 0) is 11.3 Å². The lowest BCUT2D eigenvalue weighted by Gasteiger charge is -2.10. The molecule has 7 nitrogen and oxygen atoms in total. The zero-order valence-electron chi connectivity index (χ0n) is 16.6. The summed E-state index contributed by atoms with van der Waals surface area (Å²) in [4.78, 5) is 24.3. The van der Waals surface area contributed by atoms with Crippen LogP contribution in [0, 0.1) is 13.8 Å². The minimum Gasteiger partial charge on any atom is -0.497 e. The van der Waals surface area contributed by atoms with E-state index in [4.69, 9.17) is 9.47 Å². The summed E-state index contributed by atoms with van der Waals surface area (Å²) >= 11 is 0. The Bertz CT molecular complexity index is 1080. The van der Waals surface area contributed by atoms with Crippen molar-refractivity contribution in [3.8, 4) is 17.3 Å². The maximum Gasteiger partial charge on any atom is 0.271 e. The van der Waals surface area contributed by atoms with Gasteiger partial charge in [-0.1, -0.05) is 18.2 Å². The summed E-state index contributed by atoms with van der Waals surface area (Å²) < 4.78 is 11.9. The number of hydrogen-bond acceptors (Lipinski definition) is 5. The van der Waals surface area contributed by atoms with Crippen molar-refractivity contribution in [3.63, 3.8) is 0 Å². The average molecular weight is 393 g/mol. The second kappa shape index (κ2) is 9.05. The second-order valence-electron chi connectivity index (χ2n) is 6.61. The average Bonchev–Trinajstić information content (AvgIpc) is 2.74. The van der Waals surface area contributed by atoms with Gasteiger partial charge in [-0.25, -0.2) is 0 Å². The molecule has 0 atom stereocenters. The molecule has 0 bridgehead atoms. The van der Waals surface area contributed by atoms with Crippen molar-refractivity contribution >= 4 is 5.91 Å². The Balaban J connectivity index is 1.62. The van der Waals surface area contributed by atoms with Crippen molar-refractivity contribution in [3.05, 3.63) is 81.6 Å². The zero-order valence-corrected chi connectivity index (χ0v) is 16.6. The molecule has 150 valence electrons. The summed E-state index contributed by atoms with van der Waals surface area (Å²) in [7, 11) is 1.59. The molecule has 1 N–H and O–H groups in total. The fourth-order valence-electron chi connectivity index (χ4n) is 2.69. The molecule has 0 aliphatic rings. The van der Waals surface area contributed by atoms with Gasteiger partial charge in [-0.2, -0.15) is 4.68 Å². The number of rotatable bonds is 7. The highest BCUT2D eigenvalue weighted by Crippen LogP contribution is 2.14. The molecule has 0 saturated heterocycles. The lowest BCUT2D eigenvalue weighted by atomic mass is 10.1. The number of nitrogens with one attached hydrogen (secondary N) is 1. The summed E-state index contributed by atoms with van der Waals surface area (Å²) in [6.45, 7) is 4.12. The summed E-state index contributed by atoms with van der Waals surface area (Å²) in [6.07, 6.45) is 0. The van der Waals surface area contributed by atoms with E-state index in [1.165, 1.54) is 16.8 Å². The Morgan fingerprint density at radius 2 is 1.90 bits per heavy atom. The maximum absolute atomic E-state index is 12.2. The van der Waals surface area contributed by atoms with E-state index in [-0.39, 0.29) is 24.0 Å². The van der Waals surface area contributed by atoms with Gasteiger partial charge in [0.1, 0.15) is 5.75 Å². The monoisotopic (exact) mass is 393 g/mol. The number of methoxy groups -OCH3 is 1. The van der Waals surface area contributed by atoms with Crippen molar-refractivity contribution < 1.29 is 14.3 Å².